The van der Waals surface area contributed by atoms with E-state index >= 15 is 0 Å². The number of pyridine rings is 1. The molecule has 0 saturated carbocycles. The van der Waals surface area contributed by atoms with E-state index in [9.17, 15) is 9.59 Å². The van der Waals surface area contributed by atoms with Crippen molar-refractivity contribution in [2.45, 2.75) is 65.8 Å². The number of aromatic nitrogens is 4. The van der Waals surface area contributed by atoms with Crippen LogP contribution < -0.4 is 20.7 Å². The van der Waals surface area contributed by atoms with Crippen LogP contribution in [0.15, 0.2) is 83.9 Å². The van der Waals surface area contributed by atoms with Gasteiger partial charge >= 0.3 is 0 Å². The second-order valence-electron chi connectivity index (χ2n) is 15.7. The standard InChI is InChI=1S/C48H51ClN8O5S.H2S/c1-29-31(3)63-48-45(29)46(33-8-11-36(49)12-9-33)54-41(47-56-55-32(4)57(47)48)28-44(59)52-37-13-15-38(16-14-37)62-22-7-5-6-21-60-24-25-61-23-20-50-42-19-17-39(30(2)51-42)34-10-18-40-35(26-34)27-43(58)53-40;/h8-19,26,41H,5-7,20-25,27-28H2,1-4H3,(H,50,51)(H,52,59)(H,53,58);1H2/t41-;/m0./s1. The van der Waals surface area contributed by atoms with Crippen molar-refractivity contribution in [1.29, 1.82) is 0 Å². The number of fused-ring (bicyclic) bond motifs is 4. The summed E-state index contributed by atoms with van der Waals surface area (Å²) in [6, 6.07) is 24.6. The van der Waals surface area contributed by atoms with E-state index in [0.717, 1.165) is 92.1 Å². The van der Waals surface area contributed by atoms with Gasteiger partial charge in [-0.3, -0.25) is 19.1 Å². The van der Waals surface area contributed by atoms with Crippen molar-refractivity contribution in [2.24, 2.45) is 4.99 Å². The number of nitrogens with zero attached hydrogens (tertiary/aromatic N) is 5. The van der Waals surface area contributed by atoms with Crippen molar-refractivity contribution >= 4 is 71.2 Å². The van der Waals surface area contributed by atoms with Gasteiger partial charge in [-0.15, -0.1) is 21.5 Å². The number of rotatable bonds is 19. The molecule has 2 amide bonds. The van der Waals surface area contributed by atoms with Crippen molar-refractivity contribution in [3.8, 4) is 21.9 Å². The molecule has 0 bridgehead atoms. The van der Waals surface area contributed by atoms with Gasteiger partial charge in [0.1, 0.15) is 28.4 Å². The third-order valence-corrected chi connectivity index (χ3v) is 12.6. The van der Waals surface area contributed by atoms with Gasteiger partial charge in [0.25, 0.3) is 0 Å². The van der Waals surface area contributed by atoms with E-state index in [0.29, 0.717) is 62.5 Å². The quantitative estimate of drug-likeness (QED) is 0.0675. The summed E-state index contributed by atoms with van der Waals surface area (Å²) in [6.45, 7) is 11.7. The molecule has 13 nitrogen and oxygen atoms in total. The molecule has 2 aliphatic heterocycles. The normalized spacial score (nSPS) is 13.8. The number of thiophene rings is 1. The maximum absolute atomic E-state index is 13.5. The Hall–Kier alpha value is -5.58. The molecule has 0 aliphatic carbocycles. The molecule has 334 valence electrons. The molecule has 1 atom stereocenters. The van der Waals surface area contributed by atoms with Crippen molar-refractivity contribution in [3.63, 3.8) is 0 Å². The molecular formula is C48H53ClN8O5S2. The zero-order chi connectivity index (χ0) is 43.9. The zero-order valence-electron chi connectivity index (χ0n) is 36.4. The van der Waals surface area contributed by atoms with Crippen LogP contribution >= 0.6 is 36.4 Å². The summed E-state index contributed by atoms with van der Waals surface area (Å²) in [5, 5.41) is 19.8. The number of halogens is 1. The number of amides is 2. The van der Waals surface area contributed by atoms with Crippen LogP contribution in [0.25, 0.3) is 16.1 Å². The minimum atomic E-state index is -0.555. The van der Waals surface area contributed by atoms with E-state index in [1.165, 1.54) is 4.88 Å². The Morgan fingerprint density at radius 1 is 0.875 bits per heavy atom. The Morgan fingerprint density at radius 2 is 1.62 bits per heavy atom. The molecule has 5 heterocycles. The number of benzene rings is 3. The average Bonchev–Trinajstić information content (AvgIpc) is 3.91. The molecule has 6 aromatic rings. The Labute approximate surface area is 389 Å². The summed E-state index contributed by atoms with van der Waals surface area (Å²) in [6.07, 6.45) is 3.33. The van der Waals surface area contributed by atoms with Gasteiger partial charge in [0.2, 0.25) is 11.8 Å². The van der Waals surface area contributed by atoms with E-state index in [-0.39, 0.29) is 31.7 Å². The van der Waals surface area contributed by atoms with Crippen LogP contribution in [-0.2, 0) is 25.5 Å². The lowest BCUT2D eigenvalue weighted by Crippen LogP contribution is -2.17. The largest absolute Gasteiger partial charge is 0.494 e. The van der Waals surface area contributed by atoms with E-state index in [1.54, 1.807) is 11.3 Å². The molecule has 0 saturated heterocycles. The van der Waals surface area contributed by atoms with Gasteiger partial charge in [-0.2, -0.15) is 13.5 Å². The number of unbranched alkanes of at least 4 members (excludes halogenated alkanes) is 2. The van der Waals surface area contributed by atoms with Crippen LogP contribution in [0, 0.1) is 27.7 Å². The second-order valence-corrected chi connectivity index (χ2v) is 17.3. The van der Waals surface area contributed by atoms with Crippen molar-refractivity contribution in [3.05, 3.63) is 128 Å². The van der Waals surface area contributed by atoms with Gasteiger partial charge in [-0.25, -0.2) is 4.98 Å². The predicted molar refractivity (Wildman–Crippen MR) is 260 cm³/mol. The van der Waals surface area contributed by atoms with Gasteiger partial charge in [-0.05, 0) is 124 Å². The topological polar surface area (TPSA) is 154 Å². The van der Waals surface area contributed by atoms with Crippen LogP contribution in [0.2, 0.25) is 5.02 Å². The van der Waals surface area contributed by atoms with Crippen molar-refractivity contribution in [2.75, 3.05) is 55.5 Å². The monoisotopic (exact) mass is 920 g/mol. The summed E-state index contributed by atoms with van der Waals surface area (Å²) >= 11 is 7.93. The SMILES string of the molecule is Cc1nc(NCCOCCOCCCCCOc2ccc(NC(=O)C[C@@H]3N=C(c4ccc(Cl)cc4)c4c(sc(C)c4C)-n4c(C)nnc43)cc2)ccc1-c1ccc2c(c1)CC(=O)N2.S. The molecule has 0 spiro atoms. The first-order chi connectivity index (χ1) is 30.6. The van der Waals surface area contributed by atoms with Crippen LogP contribution in [-0.4, -0.2) is 76.9 Å². The number of hydrogen-bond donors (Lipinski definition) is 3. The summed E-state index contributed by atoms with van der Waals surface area (Å²) in [4.78, 5) is 36.3. The molecule has 0 unspecified atom stereocenters. The highest BCUT2D eigenvalue weighted by Crippen LogP contribution is 2.40. The van der Waals surface area contributed by atoms with Crippen LogP contribution in [0.1, 0.15) is 76.2 Å². The lowest BCUT2D eigenvalue weighted by molar-refractivity contribution is -0.117. The van der Waals surface area contributed by atoms with E-state index in [4.69, 9.17) is 35.8 Å². The number of anilines is 3. The average molecular weight is 922 g/mol. The zero-order valence-corrected chi connectivity index (χ0v) is 39.0. The molecule has 3 aromatic heterocycles. The molecule has 0 fully saturated rings. The number of carbonyl (C=O) groups is 2. The molecule has 3 N–H and O–H groups in total. The van der Waals surface area contributed by atoms with Crippen LogP contribution in [0.5, 0.6) is 5.75 Å². The van der Waals surface area contributed by atoms with E-state index in [1.807, 2.05) is 85.1 Å². The molecule has 16 heteroatoms. The third kappa shape index (κ3) is 11.0. The number of ether oxygens (including phenoxy) is 3. The maximum atomic E-state index is 13.5. The highest BCUT2D eigenvalue weighted by Gasteiger charge is 2.32. The molecule has 64 heavy (non-hydrogen) atoms. The molecule has 2 aliphatic rings. The third-order valence-electron chi connectivity index (χ3n) is 11.1. The van der Waals surface area contributed by atoms with Crippen molar-refractivity contribution in [1.82, 2.24) is 19.7 Å². The first kappa shape index (κ1) is 46.4. The predicted octanol–water partition coefficient (Wildman–Crippen LogP) is 9.50. The fourth-order valence-electron chi connectivity index (χ4n) is 7.76. The smallest absolute Gasteiger partial charge is 0.228 e. The number of nitrogens with one attached hydrogen (secondary N) is 3. The number of hydrogen-bond acceptors (Lipinski definition) is 11. The minimum Gasteiger partial charge on any atom is -0.494 e. The van der Waals surface area contributed by atoms with Gasteiger partial charge < -0.3 is 30.2 Å². The fraction of sp³-hybridized carbons (Fsp3) is 0.333. The van der Waals surface area contributed by atoms with Crippen molar-refractivity contribution < 1.29 is 23.8 Å². The molecule has 3 aromatic carbocycles. The lowest BCUT2D eigenvalue weighted by Gasteiger charge is -2.13. The lowest BCUT2D eigenvalue weighted by atomic mass is 9.99. The first-order valence-electron chi connectivity index (χ1n) is 21.3. The Balaban J connectivity index is 0.00000612. The van der Waals surface area contributed by atoms with Crippen LogP contribution in [0.3, 0.4) is 0 Å². The van der Waals surface area contributed by atoms with Gasteiger partial charge in [0.05, 0.1) is 45.0 Å². The van der Waals surface area contributed by atoms with Gasteiger partial charge in [0, 0.05) is 56.8 Å². The van der Waals surface area contributed by atoms with E-state index < -0.39 is 6.04 Å². The minimum absolute atomic E-state index is 0. The fourth-order valence-corrected chi connectivity index (χ4v) is 9.10. The van der Waals surface area contributed by atoms with Gasteiger partial charge in [0.15, 0.2) is 5.82 Å². The molecular weight excluding hydrogens is 868 g/mol. The van der Waals surface area contributed by atoms with Crippen LogP contribution in [0.4, 0.5) is 17.2 Å². The highest BCUT2D eigenvalue weighted by molar-refractivity contribution is 7.59. The second kappa shape index (κ2) is 21.4. The summed E-state index contributed by atoms with van der Waals surface area (Å²) < 4.78 is 19.5. The van der Waals surface area contributed by atoms with Gasteiger partial charge in [-0.1, -0.05) is 29.8 Å². The Bertz CT molecular complexity index is 2630. The Kier molecular flexibility index (Phi) is 15.5. The first-order valence-corrected chi connectivity index (χ1v) is 22.5. The van der Waals surface area contributed by atoms with E-state index in [2.05, 4.69) is 52.1 Å². The number of carbonyl (C=O) groups excluding carboxylic acids is 2. The highest BCUT2D eigenvalue weighted by atomic mass is 35.5. The number of aryl methyl sites for hydroxylation is 3. The molecule has 0 radical (unpaired) electrons. The summed E-state index contributed by atoms with van der Waals surface area (Å²) in [5.41, 5.74) is 9.51. The molecule has 8 rings (SSSR count). The number of aliphatic imine (C=N–C) groups is 1. The maximum Gasteiger partial charge on any atom is 0.228 e. The summed E-state index contributed by atoms with van der Waals surface area (Å²) in [5.74, 6) is 2.78. The summed E-state index contributed by atoms with van der Waals surface area (Å²) in [7, 11) is 0. The Morgan fingerprint density at radius 3 is 2.41 bits per heavy atom.